The van der Waals surface area contributed by atoms with Crippen molar-refractivity contribution in [3.8, 4) is 17.0 Å². The van der Waals surface area contributed by atoms with Crippen LogP contribution in [0, 0.1) is 5.92 Å². The summed E-state index contributed by atoms with van der Waals surface area (Å²) >= 11 is 3.53. The van der Waals surface area contributed by atoms with E-state index >= 15 is 0 Å². The van der Waals surface area contributed by atoms with Crippen LogP contribution >= 0.6 is 15.9 Å². The summed E-state index contributed by atoms with van der Waals surface area (Å²) in [6.45, 7) is 2.21. The van der Waals surface area contributed by atoms with Crippen LogP contribution in [0.4, 0.5) is 5.82 Å². The van der Waals surface area contributed by atoms with E-state index in [2.05, 4.69) is 37.4 Å². The number of anilines is 1. The Hall–Kier alpha value is -4.11. The van der Waals surface area contributed by atoms with Crippen molar-refractivity contribution in [3.05, 3.63) is 83.1 Å². The molecule has 0 bridgehead atoms. The minimum atomic E-state index is 0.0474. The molecular weight excluding hydrogens is 544 g/mol. The van der Waals surface area contributed by atoms with Crippen LogP contribution < -0.4 is 5.32 Å². The number of nitrogens with zero attached hydrogens (tertiary/aromatic N) is 4. The van der Waals surface area contributed by atoms with Gasteiger partial charge in [0.15, 0.2) is 5.65 Å². The summed E-state index contributed by atoms with van der Waals surface area (Å²) in [6, 6.07) is 17.2. The Morgan fingerprint density at radius 1 is 1.16 bits per heavy atom. The zero-order chi connectivity index (χ0) is 26.1. The van der Waals surface area contributed by atoms with Gasteiger partial charge >= 0.3 is 0 Å². The largest absolute Gasteiger partial charge is 0.507 e. The molecule has 9 heteroatoms. The lowest BCUT2D eigenvalue weighted by molar-refractivity contribution is -0.127. The fourth-order valence-electron chi connectivity index (χ4n) is 4.99. The average molecular weight is 571 g/mol. The van der Waals surface area contributed by atoms with Crippen LogP contribution in [0.3, 0.4) is 0 Å². The number of benzene rings is 2. The predicted molar refractivity (Wildman–Crippen MR) is 153 cm³/mol. The van der Waals surface area contributed by atoms with E-state index in [4.69, 9.17) is 4.98 Å². The Morgan fingerprint density at radius 2 is 1.95 bits per heavy atom. The van der Waals surface area contributed by atoms with Crippen LogP contribution in [-0.4, -0.2) is 55.1 Å². The van der Waals surface area contributed by atoms with Crippen molar-refractivity contribution in [2.75, 3.05) is 25.0 Å². The van der Waals surface area contributed by atoms with E-state index in [1.165, 1.54) is 0 Å². The highest BCUT2D eigenvalue weighted by Crippen LogP contribution is 2.31. The number of aromatic nitrogens is 4. The molecule has 2 aromatic carbocycles. The van der Waals surface area contributed by atoms with E-state index in [0.717, 1.165) is 59.2 Å². The first-order valence-corrected chi connectivity index (χ1v) is 13.5. The monoisotopic (exact) mass is 570 g/mol. The van der Waals surface area contributed by atoms with Gasteiger partial charge in [0.1, 0.15) is 11.6 Å². The molecule has 0 radical (unpaired) electrons. The summed E-state index contributed by atoms with van der Waals surface area (Å²) in [5.41, 5.74) is 4.09. The Kier molecular flexibility index (Phi) is 6.59. The third kappa shape index (κ3) is 4.77. The van der Waals surface area contributed by atoms with Gasteiger partial charge in [0.2, 0.25) is 5.91 Å². The van der Waals surface area contributed by atoms with Gasteiger partial charge in [-0.15, -0.1) is 0 Å². The van der Waals surface area contributed by atoms with Crippen molar-refractivity contribution < 1.29 is 9.90 Å². The third-order valence-electron chi connectivity index (χ3n) is 7.13. The average Bonchev–Trinajstić information content (AvgIpc) is 3.54. The molecule has 1 fully saturated rings. The number of hydrogen-bond acceptors (Lipinski definition) is 5. The van der Waals surface area contributed by atoms with E-state index < -0.39 is 0 Å². The summed E-state index contributed by atoms with van der Waals surface area (Å²) in [5.74, 6) is 1.46. The number of rotatable bonds is 6. The predicted octanol–water partition coefficient (Wildman–Crippen LogP) is 5.71. The van der Waals surface area contributed by atoms with Crippen LogP contribution in [0.25, 0.3) is 33.9 Å². The molecule has 0 atom stereocenters. The number of para-hydroxylation sites is 2. The summed E-state index contributed by atoms with van der Waals surface area (Å²) in [7, 11) is 0. The summed E-state index contributed by atoms with van der Waals surface area (Å²) < 4.78 is 2.55. The van der Waals surface area contributed by atoms with Crippen molar-refractivity contribution in [2.45, 2.75) is 12.8 Å². The highest BCUT2D eigenvalue weighted by molar-refractivity contribution is 9.10. The van der Waals surface area contributed by atoms with Crippen molar-refractivity contribution in [3.63, 3.8) is 0 Å². The lowest BCUT2D eigenvalue weighted by Crippen LogP contribution is -2.39. The number of piperidine rings is 1. The van der Waals surface area contributed by atoms with Gasteiger partial charge in [-0.25, -0.2) is 4.98 Å². The Labute approximate surface area is 228 Å². The van der Waals surface area contributed by atoms with Crippen molar-refractivity contribution in [1.82, 2.24) is 24.5 Å². The van der Waals surface area contributed by atoms with E-state index in [1.807, 2.05) is 53.6 Å². The van der Waals surface area contributed by atoms with E-state index in [1.54, 1.807) is 28.9 Å². The summed E-state index contributed by atoms with van der Waals surface area (Å²) in [5, 5.41) is 19.5. The van der Waals surface area contributed by atoms with Crippen LogP contribution in [0.5, 0.6) is 5.75 Å². The Bertz CT molecular complexity index is 1650. The van der Waals surface area contributed by atoms with Gasteiger partial charge in [0, 0.05) is 54.4 Å². The van der Waals surface area contributed by atoms with Gasteiger partial charge in [0.05, 0.1) is 16.4 Å². The highest BCUT2D eigenvalue weighted by atomic mass is 79.9. The van der Waals surface area contributed by atoms with Gasteiger partial charge in [-0.05, 0) is 64.5 Å². The van der Waals surface area contributed by atoms with Crippen molar-refractivity contribution in [2.24, 2.45) is 5.92 Å². The second-order valence-corrected chi connectivity index (χ2v) is 10.4. The van der Waals surface area contributed by atoms with Gasteiger partial charge in [-0.2, -0.15) is 9.61 Å². The maximum atomic E-state index is 12.8. The minimum absolute atomic E-state index is 0.0474. The summed E-state index contributed by atoms with van der Waals surface area (Å²) in [6.07, 6.45) is 9.07. The van der Waals surface area contributed by atoms with E-state index in [9.17, 15) is 9.90 Å². The zero-order valence-electron chi connectivity index (χ0n) is 20.6. The molecule has 1 aliphatic rings. The number of aromatic amines is 1. The van der Waals surface area contributed by atoms with E-state index in [0.29, 0.717) is 22.8 Å². The number of aromatic hydroxyl groups is 1. The summed E-state index contributed by atoms with van der Waals surface area (Å²) in [4.78, 5) is 22.7. The van der Waals surface area contributed by atoms with Crippen LogP contribution in [0.1, 0.15) is 18.4 Å². The maximum absolute atomic E-state index is 12.8. The number of fused-ring (bicyclic) bond motifs is 2. The Balaban J connectivity index is 1.10. The second kappa shape index (κ2) is 10.3. The number of amides is 1. The van der Waals surface area contributed by atoms with Crippen LogP contribution in [-0.2, 0) is 4.79 Å². The number of likely N-dealkylation sites (tertiary alicyclic amines) is 1. The topological polar surface area (TPSA) is 98.5 Å². The molecule has 1 aliphatic heterocycles. The number of phenolic OH excluding ortho intramolecular Hbond substituents is 1. The number of nitrogens with one attached hydrogen (secondary N) is 2. The van der Waals surface area contributed by atoms with Crippen LogP contribution in [0.2, 0.25) is 0 Å². The molecule has 5 aromatic rings. The van der Waals surface area contributed by atoms with Gasteiger partial charge in [-0.3, -0.25) is 4.79 Å². The number of carbonyl (C=O) groups is 1. The first kappa shape index (κ1) is 24.2. The number of carbonyl (C=O) groups excluding carboxylic acids is 1. The zero-order valence-corrected chi connectivity index (χ0v) is 22.2. The molecule has 38 heavy (non-hydrogen) atoms. The first-order chi connectivity index (χ1) is 18.6. The molecule has 4 heterocycles. The normalized spacial score (nSPS) is 14.6. The van der Waals surface area contributed by atoms with Crippen LogP contribution in [0.15, 0.2) is 77.5 Å². The number of H-pyrrole nitrogens is 1. The standard InChI is InChI=1S/C29H27BrN6O2/c30-23-18-33-36-27(15-25(34-29(23)36)22-6-2-4-8-26(22)37)32-16-19-11-13-35(14-12-19)28(38)10-9-20-17-31-24-7-3-1-5-21(20)24/h1-10,15,17-19,31-32,37H,11-14,16H2/b10-9+. The van der Waals surface area contributed by atoms with Crippen molar-refractivity contribution >= 4 is 50.3 Å². The van der Waals surface area contributed by atoms with E-state index in [-0.39, 0.29) is 11.7 Å². The van der Waals surface area contributed by atoms with Gasteiger partial charge < -0.3 is 20.3 Å². The minimum Gasteiger partial charge on any atom is -0.507 e. The second-order valence-electron chi connectivity index (χ2n) is 9.54. The molecule has 3 N–H and O–H groups in total. The molecule has 1 saturated heterocycles. The van der Waals surface area contributed by atoms with Crippen molar-refractivity contribution in [1.29, 1.82) is 0 Å². The fraction of sp³-hybridized carbons (Fsp3) is 0.207. The molecule has 0 aliphatic carbocycles. The molecule has 3 aromatic heterocycles. The molecule has 6 rings (SSSR count). The molecular formula is C29H27BrN6O2. The molecule has 1 amide bonds. The lowest BCUT2D eigenvalue weighted by Gasteiger charge is -2.31. The molecule has 8 nitrogen and oxygen atoms in total. The number of halogens is 1. The fourth-order valence-corrected chi connectivity index (χ4v) is 5.34. The first-order valence-electron chi connectivity index (χ1n) is 12.7. The number of phenols is 1. The molecule has 0 unspecified atom stereocenters. The molecule has 0 spiro atoms. The lowest BCUT2D eigenvalue weighted by atomic mass is 9.96. The quantitative estimate of drug-likeness (QED) is 0.227. The van der Waals surface area contributed by atoms with Gasteiger partial charge in [0.25, 0.3) is 0 Å². The van der Waals surface area contributed by atoms with Gasteiger partial charge in [-0.1, -0.05) is 30.3 Å². The maximum Gasteiger partial charge on any atom is 0.246 e. The SMILES string of the molecule is O=C(/C=C/c1c[nH]c2ccccc12)N1CCC(CNc2cc(-c3ccccc3O)nc3c(Br)cnn23)CC1. The Morgan fingerprint density at radius 3 is 2.79 bits per heavy atom. The highest BCUT2D eigenvalue weighted by Gasteiger charge is 2.22. The molecule has 0 saturated carbocycles. The third-order valence-corrected chi connectivity index (χ3v) is 7.69. The smallest absolute Gasteiger partial charge is 0.246 e. The molecule has 192 valence electrons. The number of hydrogen-bond donors (Lipinski definition) is 3.